The summed E-state index contributed by atoms with van der Waals surface area (Å²) in [7, 11) is 0. The topological polar surface area (TPSA) is 71.0 Å². The highest BCUT2D eigenvalue weighted by Crippen LogP contribution is 2.44. The molecule has 0 saturated heterocycles. The van der Waals surface area contributed by atoms with Gasteiger partial charge in [-0.3, -0.25) is 9.78 Å². The normalized spacial score (nSPS) is 15.2. The molecular weight excluding hydrogens is 430 g/mol. The van der Waals surface area contributed by atoms with Crippen LogP contribution in [0.25, 0.3) is 0 Å². The molecule has 3 aromatic heterocycles. The average Bonchev–Trinajstić information content (AvgIpc) is 3.54. The van der Waals surface area contributed by atoms with E-state index in [1.807, 2.05) is 33.0 Å². The largest absolute Gasteiger partial charge is 0.318 e. The van der Waals surface area contributed by atoms with Crippen LogP contribution in [0.2, 0.25) is 5.15 Å². The van der Waals surface area contributed by atoms with E-state index in [0.29, 0.717) is 28.0 Å². The highest BCUT2D eigenvalue weighted by Gasteiger charge is 2.38. The van der Waals surface area contributed by atoms with Gasteiger partial charge in [0.05, 0.1) is 11.3 Å². The van der Waals surface area contributed by atoms with Crippen molar-refractivity contribution < 1.29 is 4.79 Å². The molecule has 0 spiro atoms. The Labute approximate surface area is 190 Å². The Morgan fingerprint density at radius 2 is 1.84 bits per heavy atom. The molecule has 4 heterocycles. The van der Waals surface area contributed by atoms with Crippen LogP contribution < -0.4 is 10.2 Å². The highest BCUT2D eigenvalue weighted by molar-refractivity contribution is 7.98. The van der Waals surface area contributed by atoms with Gasteiger partial charge in [-0.25, -0.2) is 9.97 Å². The predicted octanol–water partition coefficient (Wildman–Crippen LogP) is 5.61. The molecule has 1 fully saturated rings. The minimum absolute atomic E-state index is 0.165. The molecule has 0 atom stereocenters. The first kappa shape index (κ1) is 20.3. The maximum atomic E-state index is 13.2. The number of rotatable bonds is 4. The number of aromatic nitrogens is 3. The zero-order valence-corrected chi connectivity index (χ0v) is 19.1. The predicted molar refractivity (Wildman–Crippen MR) is 125 cm³/mol. The molecule has 1 amide bonds. The number of carbonyl (C=O) groups excluding carboxylic acids is 1. The summed E-state index contributed by atoms with van der Waals surface area (Å²) >= 11 is 7.97. The fourth-order valence-corrected chi connectivity index (χ4v) is 5.13. The Bertz CT molecular complexity index is 1190. The summed E-state index contributed by atoms with van der Waals surface area (Å²) in [5.41, 5.74) is 5.16. The van der Waals surface area contributed by atoms with Crippen LogP contribution in [-0.4, -0.2) is 26.9 Å². The molecule has 0 bridgehead atoms. The highest BCUT2D eigenvalue weighted by atomic mass is 35.5. The monoisotopic (exact) mass is 451 g/mol. The first-order valence-corrected chi connectivity index (χ1v) is 11.6. The maximum absolute atomic E-state index is 13.2. The van der Waals surface area contributed by atoms with Crippen molar-refractivity contribution in [2.24, 2.45) is 0 Å². The molecule has 0 unspecified atom stereocenters. The van der Waals surface area contributed by atoms with E-state index in [1.54, 1.807) is 17.8 Å². The fraction of sp³-hybridized carbons (Fsp3) is 0.304. The van der Waals surface area contributed by atoms with E-state index in [1.165, 1.54) is 0 Å². The Balaban J connectivity index is 1.51. The minimum Gasteiger partial charge on any atom is -0.318 e. The Kier molecular flexibility index (Phi) is 5.10. The number of halogens is 1. The van der Waals surface area contributed by atoms with Crippen molar-refractivity contribution in [2.45, 2.75) is 50.3 Å². The van der Waals surface area contributed by atoms with Crippen molar-refractivity contribution in [3.8, 4) is 0 Å². The molecule has 2 aliphatic rings. The molecule has 158 valence electrons. The lowest BCUT2D eigenvalue weighted by molar-refractivity contribution is 0.102. The zero-order chi connectivity index (χ0) is 21.7. The van der Waals surface area contributed by atoms with E-state index >= 15 is 0 Å². The van der Waals surface area contributed by atoms with Gasteiger partial charge >= 0.3 is 0 Å². The van der Waals surface area contributed by atoms with Crippen LogP contribution in [0, 0.1) is 20.8 Å². The number of fused-ring (bicyclic) bond motifs is 2. The van der Waals surface area contributed by atoms with Crippen molar-refractivity contribution in [3.05, 3.63) is 63.7 Å². The van der Waals surface area contributed by atoms with Gasteiger partial charge in [-0.2, -0.15) is 0 Å². The second-order valence-corrected chi connectivity index (χ2v) is 9.54. The first-order chi connectivity index (χ1) is 14.9. The molecule has 8 heteroatoms. The van der Waals surface area contributed by atoms with Gasteiger partial charge in [0, 0.05) is 34.3 Å². The molecule has 1 aliphatic carbocycles. The number of thioether (sulfide) groups is 1. The molecule has 1 saturated carbocycles. The van der Waals surface area contributed by atoms with Crippen molar-refractivity contribution in [1.29, 1.82) is 0 Å². The van der Waals surface area contributed by atoms with Crippen LogP contribution >= 0.6 is 23.4 Å². The second-order valence-electron chi connectivity index (χ2n) is 8.10. The molecule has 1 aliphatic heterocycles. The lowest BCUT2D eigenvalue weighted by atomic mass is 10.2. The summed E-state index contributed by atoms with van der Waals surface area (Å²) in [6.45, 7) is 5.93. The smallest absolute Gasteiger partial charge is 0.259 e. The van der Waals surface area contributed by atoms with Gasteiger partial charge in [-0.1, -0.05) is 11.6 Å². The number of carbonyl (C=O) groups is 1. The van der Waals surface area contributed by atoms with E-state index in [4.69, 9.17) is 16.6 Å². The van der Waals surface area contributed by atoms with Gasteiger partial charge in [0.25, 0.3) is 5.91 Å². The summed E-state index contributed by atoms with van der Waals surface area (Å²) in [6.07, 6.45) is 3.94. The number of pyridine rings is 3. The number of aryl methyl sites for hydroxylation is 3. The van der Waals surface area contributed by atoms with Gasteiger partial charge in [0.2, 0.25) is 0 Å². The first-order valence-electron chi connectivity index (χ1n) is 10.2. The molecule has 5 rings (SSSR count). The van der Waals surface area contributed by atoms with E-state index in [9.17, 15) is 4.79 Å². The second kappa shape index (κ2) is 7.80. The number of hydrogen-bond donors (Lipinski definition) is 1. The summed E-state index contributed by atoms with van der Waals surface area (Å²) in [5.74, 6) is 1.88. The molecule has 31 heavy (non-hydrogen) atoms. The van der Waals surface area contributed by atoms with Crippen molar-refractivity contribution >= 4 is 46.6 Å². The van der Waals surface area contributed by atoms with E-state index < -0.39 is 0 Å². The van der Waals surface area contributed by atoms with Crippen LogP contribution in [0.4, 0.5) is 17.3 Å². The quantitative estimate of drug-likeness (QED) is 0.410. The molecule has 0 aromatic carbocycles. The lowest BCUT2D eigenvalue weighted by Gasteiger charge is -2.24. The van der Waals surface area contributed by atoms with Crippen LogP contribution in [0.15, 0.2) is 35.4 Å². The van der Waals surface area contributed by atoms with Crippen molar-refractivity contribution in [2.75, 3.05) is 10.2 Å². The number of nitrogens with one attached hydrogen (secondary N) is 1. The third-order valence-corrected chi connectivity index (χ3v) is 6.64. The van der Waals surface area contributed by atoms with Crippen LogP contribution in [0.1, 0.15) is 45.7 Å². The summed E-state index contributed by atoms with van der Waals surface area (Å²) in [5, 5.41) is 3.46. The van der Waals surface area contributed by atoms with Gasteiger partial charge in [-0.15, -0.1) is 11.8 Å². The fourth-order valence-electron chi connectivity index (χ4n) is 3.89. The average molecular weight is 452 g/mol. The van der Waals surface area contributed by atoms with Crippen LogP contribution in [0.5, 0.6) is 0 Å². The minimum atomic E-state index is -0.165. The standard InChI is InChI=1S/C23H22ClN5OS/c1-12-6-19(24)27-22-20(12)28-23(30)18-9-15(10-25-21(18)29(22)16-4-5-16)11-31-17-7-13(2)26-14(3)8-17/h6-10,16H,4-5,11H2,1-3H3,(H,28,30). The molecule has 3 aromatic rings. The van der Waals surface area contributed by atoms with Crippen LogP contribution in [-0.2, 0) is 5.75 Å². The van der Waals surface area contributed by atoms with Crippen molar-refractivity contribution in [1.82, 2.24) is 15.0 Å². The summed E-state index contributed by atoms with van der Waals surface area (Å²) in [6, 6.07) is 8.15. The van der Waals surface area contributed by atoms with Gasteiger partial charge < -0.3 is 10.2 Å². The number of nitrogens with zero attached hydrogens (tertiary/aromatic N) is 4. The summed E-state index contributed by atoms with van der Waals surface area (Å²) in [4.78, 5) is 30.1. The third kappa shape index (κ3) is 4.00. The maximum Gasteiger partial charge on any atom is 0.259 e. The molecule has 0 radical (unpaired) electrons. The zero-order valence-electron chi connectivity index (χ0n) is 17.6. The lowest BCUT2D eigenvalue weighted by Crippen LogP contribution is -2.23. The number of anilines is 3. The molecular formula is C23H22ClN5OS. The van der Waals surface area contributed by atoms with E-state index in [-0.39, 0.29) is 11.9 Å². The summed E-state index contributed by atoms with van der Waals surface area (Å²) < 4.78 is 0. The Morgan fingerprint density at radius 1 is 1.10 bits per heavy atom. The van der Waals surface area contributed by atoms with E-state index in [0.717, 1.165) is 46.0 Å². The Hall–Kier alpha value is -2.64. The molecule has 6 nitrogen and oxygen atoms in total. The number of amides is 1. The van der Waals surface area contributed by atoms with Crippen LogP contribution in [0.3, 0.4) is 0 Å². The number of hydrogen-bond acceptors (Lipinski definition) is 6. The SMILES string of the molecule is Cc1cc(SCc2cnc3c(c2)C(=O)Nc2c(C)cc(Cl)nc2N3C2CC2)cc(C)n1. The third-order valence-electron chi connectivity index (χ3n) is 5.40. The van der Waals surface area contributed by atoms with E-state index in [2.05, 4.69) is 32.3 Å². The molecule has 1 N–H and O–H groups in total. The van der Waals surface area contributed by atoms with Gasteiger partial charge in [0.1, 0.15) is 11.0 Å². The van der Waals surface area contributed by atoms with Gasteiger partial charge in [-0.05, 0) is 69.0 Å². The van der Waals surface area contributed by atoms with Crippen molar-refractivity contribution in [3.63, 3.8) is 0 Å². The Morgan fingerprint density at radius 3 is 2.55 bits per heavy atom. The van der Waals surface area contributed by atoms with Gasteiger partial charge in [0.15, 0.2) is 5.82 Å².